The number of nitrogens with zero attached hydrogens (tertiary/aromatic N) is 2. The molecule has 1 amide bonds. The van der Waals surface area contributed by atoms with Gasteiger partial charge in [0, 0.05) is 19.0 Å². The molecule has 4 rings (SSSR count). The lowest BCUT2D eigenvalue weighted by molar-refractivity contribution is -0.120. The van der Waals surface area contributed by atoms with Crippen LogP contribution in [0, 0.1) is 5.82 Å². The first kappa shape index (κ1) is 19.8. The smallest absolute Gasteiger partial charge is 0.224 e. The van der Waals surface area contributed by atoms with Crippen LogP contribution in [0.3, 0.4) is 0 Å². The highest BCUT2D eigenvalue weighted by atomic mass is 19.1. The first-order chi connectivity index (χ1) is 14.6. The van der Waals surface area contributed by atoms with Crippen LogP contribution in [0.1, 0.15) is 17.5 Å². The van der Waals surface area contributed by atoms with E-state index in [2.05, 4.69) is 52.9 Å². The molecule has 0 aliphatic carbocycles. The third-order valence-corrected chi connectivity index (χ3v) is 5.28. The number of aryl methyl sites for hydroxylation is 2. The fourth-order valence-electron chi connectivity index (χ4n) is 3.58. The third-order valence-electron chi connectivity index (χ3n) is 5.28. The molecule has 5 heteroatoms. The van der Waals surface area contributed by atoms with Gasteiger partial charge in [-0.15, -0.1) is 0 Å². The average molecular weight is 401 g/mol. The fraction of sp³-hybridized carbons (Fsp3) is 0.200. The van der Waals surface area contributed by atoms with Crippen molar-refractivity contribution >= 4 is 16.8 Å². The largest absolute Gasteiger partial charge is 0.356 e. The Kier molecular flexibility index (Phi) is 5.89. The first-order valence-corrected chi connectivity index (χ1v) is 10.1. The highest BCUT2D eigenvalue weighted by molar-refractivity contribution is 5.84. The molecule has 4 nitrogen and oxygen atoms in total. The van der Waals surface area contributed by atoms with E-state index in [0.29, 0.717) is 6.54 Å². The standard InChI is InChI=1S/C25H24FN3O/c1-29-24-13-10-21(16-22(24)17-28-29)20-8-4-18(5-9-20)3-2-14-27-25(30)15-19-6-11-23(26)12-7-19/h4-13,16-17H,2-3,14-15H2,1H3,(H,27,30). The van der Waals surface area contributed by atoms with E-state index in [-0.39, 0.29) is 18.1 Å². The summed E-state index contributed by atoms with van der Waals surface area (Å²) in [5.74, 6) is -0.328. The van der Waals surface area contributed by atoms with E-state index in [1.165, 1.54) is 28.8 Å². The maximum absolute atomic E-state index is 12.9. The van der Waals surface area contributed by atoms with Crippen LogP contribution in [0.2, 0.25) is 0 Å². The van der Waals surface area contributed by atoms with E-state index in [1.807, 2.05) is 17.9 Å². The molecular weight excluding hydrogens is 377 g/mol. The zero-order valence-corrected chi connectivity index (χ0v) is 16.9. The van der Waals surface area contributed by atoms with Crippen molar-refractivity contribution in [2.75, 3.05) is 6.54 Å². The summed E-state index contributed by atoms with van der Waals surface area (Å²) in [6, 6.07) is 21.0. The molecule has 0 unspecified atom stereocenters. The highest BCUT2D eigenvalue weighted by Gasteiger charge is 2.05. The van der Waals surface area contributed by atoms with Gasteiger partial charge in [-0.3, -0.25) is 9.48 Å². The molecule has 0 aliphatic rings. The normalized spacial score (nSPS) is 11.0. The maximum atomic E-state index is 12.9. The van der Waals surface area contributed by atoms with Crippen molar-refractivity contribution < 1.29 is 9.18 Å². The number of fused-ring (bicyclic) bond motifs is 1. The molecule has 152 valence electrons. The maximum Gasteiger partial charge on any atom is 0.224 e. The van der Waals surface area contributed by atoms with Gasteiger partial charge in [-0.2, -0.15) is 5.10 Å². The van der Waals surface area contributed by atoms with Gasteiger partial charge in [0.1, 0.15) is 5.82 Å². The monoisotopic (exact) mass is 401 g/mol. The molecule has 30 heavy (non-hydrogen) atoms. The van der Waals surface area contributed by atoms with Crippen LogP contribution >= 0.6 is 0 Å². The number of amides is 1. The number of benzene rings is 3. The minimum Gasteiger partial charge on any atom is -0.356 e. The molecule has 1 N–H and O–H groups in total. The van der Waals surface area contributed by atoms with E-state index in [4.69, 9.17) is 0 Å². The Morgan fingerprint density at radius 3 is 2.43 bits per heavy atom. The number of hydrogen-bond donors (Lipinski definition) is 1. The van der Waals surface area contributed by atoms with Gasteiger partial charge < -0.3 is 5.32 Å². The molecule has 0 saturated carbocycles. The summed E-state index contributed by atoms with van der Waals surface area (Å²) < 4.78 is 14.8. The van der Waals surface area contributed by atoms with Crippen LogP contribution in [-0.2, 0) is 24.7 Å². The lowest BCUT2D eigenvalue weighted by Crippen LogP contribution is -2.26. The number of rotatable bonds is 7. The highest BCUT2D eigenvalue weighted by Crippen LogP contribution is 2.24. The van der Waals surface area contributed by atoms with Crippen molar-refractivity contribution in [3.05, 3.63) is 89.9 Å². The Morgan fingerprint density at radius 1 is 0.967 bits per heavy atom. The molecule has 4 aromatic rings. The Labute approximate surface area is 175 Å². The first-order valence-electron chi connectivity index (χ1n) is 10.1. The van der Waals surface area contributed by atoms with Crippen LogP contribution in [0.15, 0.2) is 72.9 Å². The zero-order valence-electron chi connectivity index (χ0n) is 16.9. The summed E-state index contributed by atoms with van der Waals surface area (Å²) in [5, 5.41) is 8.36. The topological polar surface area (TPSA) is 46.9 Å². The number of aromatic nitrogens is 2. The molecule has 0 saturated heterocycles. The van der Waals surface area contributed by atoms with Crippen molar-refractivity contribution in [2.45, 2.75) is 19.3 Å². The Bertz CT molecular complexity index is 1150. The number of nitrogens with one attached hydrogen (secondary N) is 1. The SMILES string of the molecule is Cn1ncc2cc(-c3ccc(CCCNC(=O)Cc4ccc(F)cc4)cc3)ccc21. The Hall–Kier alpha value is -3.47. The predicted octanol–water partition coefficient (Wildman–Crippen LogP) is 4.67. The quantitative estimate of drug-likeness (QED) is 0.458. The molecule has 0 spiro atoms. The summed E-state index contributed by atoms with van der Waals surface area (Å²) in [6.45, 7) is 0.624. The number of carbonyl (C=O) groups excluding carboxylic acids is 1. The molecule has 1 aromatic heterocycles. The average Bonchev–Trinajstić information content (AvgIpc) is 3.13. The summed E-state index contributed by atoms with van der Waals surface area (Å²) in [5.41, 5.74) is 5.53. The van der Waals surface area contributed by atoms with E-state index in [1.54, 1.807) is 12.1 Å². The number of hydrogen-bond acceptors (Lipinski definition) is 2. The second kappa shape index (κ2) is 8.91. The van der Waals surface area contributed by atoms with Gasteiger partial charge >= 0.3 is 0 Å². The third kappa shape index (κ3) is 4.74. The Morgan fingerprint density at radius 2 is 1.67 bits per heavy atom. The molecular formula is C25H24FN3O. The van der Waals surface area contributed by atoms with Crippen molar-refractivity contribution in [1.29, 1.82) is 0 Å². The second-order valence-electron chi connectivity index (χ2n) is 7.50. The van der Waals surface area contributed by atoms with Gasteiger partial charge in [0.2, 0.25) is 5.91 Å². The molecule has 1 heterocycles. The predicted molar refractivity (Wildman–Crippen MR) is 118 cm³/mol. The number of halogens is 1. The van der Waals surface area contributed by atoms with Crippen LogP contribution in [0.4, 0.5) is 4.39 Å². The van der Waals surface area contributed by atoms with Crippen molar-refractivity contribution in [1.82, 2.24) is 15.1 Å². The van der Waals surface area contributed by atoms with Gasteiger partial charge in [0.25, 0.3) is 0 Å². The van der Waals surface area contributed by atoms with Gasteiger partial charge in [-0.05, 0) is 59.4 Å². The number of carbonyl (C=O) groups is 1. The summed E-state index contributed by atoms with van der Waals surface area (Å²) >= 11 is 0. The molecule has 0 atom stereocenters. The van der Waals surface area contributed by atoms with Crippen molar-refractivity contribution in [3.63, 3.8) is 0 Å². The fourth-order valence-corrected chi connectivity index (χ4v) is 3.58. The molecule has 0 radical (unpaired) electrons. The lowest BCUT2D eigenvalue weighted by atomic mass is 10.0. The van der Waals surface area contributed by atoms with E-state index < -0.39 is 0 Å². The van der Waals surface area contributed by atoms with Crippen LogP contribution in [-0.4, -0.2) is 22.2 Å². The summed E-state index contributed by atoms with van der Waals surface area (Å²) in [6.07, 6.45) is 3.93. The molecule has 0 bridgehead atoms. The Balaban J connectivity index is 1.26. The van der Waals surface area contributed by atoms with Crippen LogP contribution in [0.25, 0.3) is 22.0 Å². The summed E-state index contributed by atoms with van der Waals surface area (Å²) in [4.78, 5) is 12.0. The van der Waals surface area contributed by atoms with E-state index >= 15 is 0 Å². The van der Waals surface area contributed by atoms with Gasteiger partial charge in [-0.1, -0.05) is 42.5 Å². The zero-order chi connectivity index (χ0) is 20.9. The van der Waals surface area contributed by atoms with Gasteiger partial charge in [0.15, 0.2) is 0 Å². The van der Waals surface area contributed by atoms with Crippen molar-refractivity contribution in [2.24, 2.45) is 7.05 Å². The van der Waals surface area contributed by atoms with E-state index in [0.717, 1.165) is 29.3 Å². The summed E-state index contributed by atoms with van der Waals surface area (Å²) in [7, 11) is 1.95. The minimum atomic E-state index is -0.289. The van der Waals surface area contributed by atoms with Gasteiger partial charge in [-0.25, -0.2) is 4.39 Å². The molecule has 0 aliphatic heterocycles. The van der Waals surface area contributed by atoms with Crippen molar-refractivity contribution in [3.8, 4) is 11.1 Å². The minimum absolute atomic E-state index is 0.0391. The van der Waals surface area contributed by atoms with Crippen LogP contribution in [0.5, 0.6) is 0 Å². The lowest BCUT2D eigenvalue weighted by Gasteiger charge is -2.07. The molecule has 0 fully saturated rings. The second-order valence-corrected chi connectivity index (χ2v) is 7.50. The molecule has 3 aromatic carbocycles. The van der Waals surface area contributed by atoms with Crippen LogP contribution < -0.4 is 5.32 Å². The van der Waals surface area contributed by atoms with E-state index in [9.17, 15) is 9.18 Å². The van der Waals surface area contributed by atoms with Gasteiger partial charge in [0.05, 0.1) is 18.1 Å².